The maximum absolute atomic E-state index is 5.53. The van der Waals surface area contributed by atoms with Gasteiger partial charge in [0, 0.05) is 18.3 Å². The van der Waals surface area contributed by atoms with E-state index in [1.54, 1.807) is 0 Å². The molecule has 0 aliphatic carbocycles. The van der Waals surface area contributed by atoms with E-state index < -0.39 is 0 Å². The Kier molecular flexibility index (Phi) is 3.76. The van der Waals surface area contributed by atoms with Crippen molar-refractivity contribution in [2.24, 2.45) is 0 Å². The van der Waals surface area contributed by atoms with Crippen LogP contribution in [0.15, 0.2) is 6.07 Å². The van der Waals surface area contributed by atoms with Crippen LogP contribution in [0.25, 0.3) is 0 Å². The molecule has 1 unspecified atom stereocenters. The highest BCUT2D eigenvalue weighted by Gasteiger charge is 2.04. The smallest absolute Gasteiger partial charge is 0.233 e. The highest BCUT2D eigenvalue weighted by atomic mass is 16.5. The Morgan fingerprint density at radius 1 is 1.69 bits per heavy atom. The second-order valence-corrected chi connectivity index (χ2v) is 3.13. The third kappa shape index (κ3) is 3.46. The Morgan fingerprint density at radius 2 is 2.46 bits per heavy atom. The highest BCUT2D eigenvalue weighted by molar-refractivity contribution is 5.12. The van der Waals surface area contributed by atoms with Gasteiger partial charge in [-0.15, -0.1) is 5.10 Å². The fourth-order valence-electron chi connectivity index (χ4n) is 1.05. The van der Waals surface area contributed by atoms with Crippen molar-refractivity contribution in [3.8, 4) is 5.88 Å². The normalized spacial score (nSPS) is 12.8. The van der Waals surface area contributed by atoms with Crippen LogP contribution in [0.1, 0.15) is 19.5 Å². The molecule has 4 heteroatoms. The van der Waals surface area contributed by atoms with Crippen LogP contribution < -0.4 is 10.1 Å². The molecule has 1 heterocycles. The van der Waals surface area contributed by atoms with Crippen LogP contribution in [0.2, 0.25) is 0 Å². The van der Waals surface area contributed by atoms with E-state index in [0.717, 1.165) is 18.8 Å². The number of ether oxygens (including phenoxy) is 1. The van der Waals surface area contributed by atoms with Crippen LogP contribution in [-0.4, -0.2) is 29.4 Å². The Balaban J connectivity index is 2.31. The first-order chi connectivity index (χ1) is 6.22. The number of likely N-dealkylation sites (N-methyl/N-ethyl adjacent to an activating group) is 1. The summed E-state index contributed by atoms with van der Waals surface area (Å²) in [7, 11) is 0. The lowest BCUT2D eigenvalue weighted by molar-refractivity contribution is 0.209. The van der Waals surface area contributed by atoms with E-state index in [2.05, 4.69) is 22.4 Å². The average Bonchev–Trinajstić information content (AvgIpc) is 2.48. The van der Waals surface area contributed by atoms with E-state index >= 15 is 0 Å². The molecule has 0 aliphatic heterocycles. The molecule has 0 amide bonds. The Hall–Kier alpha value is -1.03. The topological polar surface area (TPSA) is 49.9 Å². The van der Waals surface area contributed by atoms with E-state index in [1.165, 1.54) is 0 Å². The average molecular weight is 183 g/mol. The molecule has 13 heavy (non-hydrogen) atoms. The van der Waals surface area contributed by atoms with Gasteiger partial charge < -0.3 is 10.1 Å². The minimum atomic E-state index is 0.155. The summed E-state index contributed by atoms with van der Waals surface area (Å²) in [5.74, 6) is 0.669. The van der Waals surface area contributed by atoms with Gasteiger partial charge in [-0.25, -0.2) is 0 Å². The molecular weight excluding hydrogens is 166 g/mol. The molecule has 1 rings (SSSR count). The van der Waals surface area contributed by atoms with Crippen LogP contribution in [0, 0.1) is 6.92 Å². The zero-order valence-corrected chi connectivity index (χ0v) is 8.42. The molecule has 0 aromatic carbocycles. The van der Waals surface area contributed by atoms with E-state index in [0.29, 0.717) is 5.88 Å². The number of aromatic nitrogens is 2. The van der Waals surface area contributed by atoms with E-state index in [4.69, 9.17) is 4.74 Å². The summed E-state index contributed by atoms with van der Waals surface area (Å²) < 4.78 is 5.53. The Labute approximate surface area is 78.7 Å². The fourth-order valence-corrected chi connectivity index (χ4v) is 1.05. The van der Waals surface area contributed by atoms with Crippen molar-refractivity contribution in [2.45, 2.75) is 26.9 Å². The fraction of sp³-hybridized carbons (Fsp3) is 0.667. The van der Waals surface area contributed by atoms with E-state index in [-0.39, 0.29) is 6.10 Å². The van der Waals surface area contributed by atoms with Gasteiger partial charge >= 0.3 is 0 Å². The summed E-state index contributed by atoms with van der Waals surface area (Å²) in [5, 5.41) is 10.0. The first kappa shape index (κ1) is 10.1. The molecule has 2 N–H and O–H groups in total. The van der Waals surface area contributed by atoms with Gasteiger partial charge in [0.15, 0.2) is 0 Å². The highest BCUT2D eigenvalue weighted by Crippen LogP contribution is 2.08. The van der Waals surface area contributed by atoms with Gasteiger partial charge in [0.25, 0.3) is 0 Å². The first-order valence-corrected chi connectivity index (χ1v) is 4.61. The molecule has 0 radical (unpaired) electrons. The quantitative estimate of drug-likeness (QED) is 0.718. The third-order valence-corrected chi connectivity index (χ3v) is 1.69. The molecule has 0 spiro atoms. The third-order valence-electron chi connectivity index (χ3n) is 1.69. The minimum absolute atomic E-state index is 0.155. The van der Waals surface area contributed by atoms with Crippen molar-refractivity contribution >= 4 is 0 Å². The zero-order valence-electron chi connectivity index (χ0n) is 8.42. The minimum Gasteiger partial charge on any atom is -0.472 e. The van der Waals surface area contributed by atoms with Crippen molar-refractivity contribution in [1.82, 2.24) is 15.5 Å². The summed E-state index contributed by atoms with van der Waals surface area (Å²) in [6.07, 6.45) is 0.155. The number of aryl methyl sites for hydroxylation is 1. The monoisotopic (exact) mass is 183 g/mol. The molecule has 4 nitrogen and oxygen atoms in total. The maximum atomic E-state index is 5.53. The van der Waals surface area contributed by atoms with Crippen molar-refractivity contribution in [2.75, 3.05) is 13.1 Å². The summed E-state index contributed by atoms with van der Waals surface area (Å²) in [6, 6.07) is 1.89. The summed E-state index contributed by atoms with van der Waals surface area (Å²) in [4.78, 5) is 0. The van der Waals surface area contributed by atoms with Crippen LogP contribution in [0.3, 0.4) is 0 Å². The Bertz CT molecular complexity index is 247. The molecular formula is C9H17N3O. The van der Waals surface area contributed by atoms with E-state index in [1.807, 2.05) is 19.9 Å². The van der Waals surface area contributed by atoms with E-state index in [9.17, 15) is 0 Å². The largest absolute Gasteiger partial charge is 0.472 e. The van der Waals surface area contributed by atoms with Crippen molar-refractivity contribution in [3.63, 3.8) is 0 Å². The number of H-pyrrole nitrogens is 1. The van der Waals surface area contributed by atoms with Crippen LogP contribution >= 0.6 is 0 Å². The molecule has 74 valence electrons. The van der Waals surface area contributed by atoms with Crippen molar-refractivity contribution < 1.29 is 4.74 Å². The van der Waals surface area contributed by atoms with Crippen LogP contribution in [-0.2, 0) is 0 Å². The first-order valence-electron chi connectivity index (χ1n) is 4.61. The molecule has 1 aromatic heterocycles. The molecule has 0 aliphatic rings. The number of hydrogen-bond acceptors (Lipinski definition) is 3. The van der Waals surface area contributed by atoms with Crippen molar-refractivity contribution in [1.29, 1.82) is 0 Å². The summed E-state index contributed by atoms with van der Waals surface area (Å²) in [6.45, 7) is 7.86. The predicted octanol–water partition coefficient (Wildman–Crippen LogP) is 1.09. The molecule has 0 fully saturated rings. The second-order valence-electron chi connectivity index (χ2n) is 3.13. The standard InChI is InChI=1S/C9H17N3O/c1-4-10-6-8(3)13-9-5-7(2)11-12-9/h5,8,10H,4,6H2,1-3H3,(H,11,12). The van der Waals surface area contributed by atoms with Gasteiger partial charge in [-0.1, -0.05) is 6.92 Å². The molecule has 0 bridgehead atoms. The maximum Gasteiger partial charge on any atom is 0.233 e. The Morgan fingerprint density at radius 3 is 3.00 bits per heavy atom. The van der Waals surface area contributed by atoms with Gasteiger partial charge in [0.2, 0.25) is 5.88 Å². The number of nitrogens with zero attached hydrogens (tertiary/aromatic N) is 1. The van der Waals surface area contributed by atoms with Gasteiger partial charge in [-0.3, -0.25) is 5.10 Å². The zero-order chi connectivity index (χ0) is 9.68. The van der Waals surface area contributed by atoms with Gasteiger partial charge in [-0.2, -0.15) is 0 Å². The number of nitrogens with one attached hydrogen (secondary N) is 2. The second kappa shape index (κ2) is 4.87. The molecule has 1 aromatic rings. The van der Waals surface area contributed by atoms with Crippen LogP contribution in [0.5, 0.6) is 5.88 Å². The number of aromatic amines is 1. The predicted molar refractivity (Wildman–Crippen MR) is 52.0 cm³/mol. The lowest BCUT2D eigenvalue weighted by Gasteiger charge is -2.11. The lowest BCUT2D eigenvalue weighted by atomic mass is 10.4. The summed E-state index contributed by atoms with van der Waals surface area (Å²) >= 11 is 0. The SMILES string of the molecule is CCNCC(C)Oc1cc(C)[nH]n1. The lowest BCUT2D eigenvalue weighted by Crippen LogP contribution is -2.28. The molecule has 0 saturated carbocycles. The van der Waals surface area contributed by atoms with Gasteiger partial charge in [-0.05, 0) is 20.4 Å². The van der Waals surface area contributed by atoms with Crippen LogP contribution in [0.4, 0.5) is 0 Å². The molecule has 0 saturated heterocycles. The number of hydrogen-bond donors (Lipinski definition) is 2. The van der Waals surface area contributed by atoms with Gasteiger partial charge in [0.1, 0.15) is 6.10 Å². The number of rotatable bonds is 5. The van der Waals surface area contributed by atoms with Gasteiger partial charge in [0.05, 0.1) is 0 Å². The van der Waals surface area contributed by atoms with Crippen molar-refractivity contribution in [3.05, 3.63) is 11.8 Å². The summed E-state index contributed by atoms with van der Waals surface area (Å²) in [5.41, 5.74) is 1.02. The molecule has 1 atom stereocenters.